The number of amides is 2. The van der Waals surface area contributed by atoms with Crippen LogP contribution in [-0.4, -0.2) is 38.2 Å². The second-order valence-electron chi connectivity index (χ2n) is 8.13. The van der Waals surface area contributed by atoms with E-state index in [2.05, 4.69) is 15.3 Å². The Kier molecular flexibility index (Phi) is 7.29. The van der Waals surface area contributed by atoms with Gasteiger partial charge in [0.05, 0.1) is 11.7 Å². The van der Waals surface area contributed by atoms with E-state index in [0.717, 1.165) is 29.8 Å². The number of hydrogen-bond acceptors (Lipinski definition) is 5. The molecule has 0 unspecified atom stereocenters. The molecule has 0 saturated carbocycles. The predicted molar refractivity (Wildman–Crippen MR) is 128 cm³/mol. The Morgan fingerprint density at radius 1 is 1.12 bits per heavy atom. The molecule has 7 nitrogen and oxygen atoms in total. The molecule has 3 aromatic rings. The molecule has 2 aromatic heterocycles. The second-order valence-corrected chi connectivity index (χ2v) is 8.56. The van der Waals surface area contributed by atoms with E-state index in [1.165, 1.54) is 0 Å². The maximum atomic E-state index is 12.9. The average molecular weight is 464 g/mol. The molecular weight excluding hydrogens is 438 g/mol. The van der Waals surface area contributed by atoms with Crippen LogP contribution >= 0.6 is 11.6 Å². The minimum absolute atomic E-state index is 0.0434. The smallest absolute Gasteiger partial charge is 0.225 e. The highest BCUT2D eigenvalue weighted by Crippen LogP contribution is 2.32. The van der Waals surface area contributed by atoms with Crippen molar-refractivity contribution in [2.45, 2.75) is 45.1 Å². The Bertz CT molecular complexity index is 1150. The quantitative estimate of drug-likeness (QED) is 0.534. The molecule has 1 N–H and O–H groups in total. The monoisotopic (exact) mass is 463 g/mol. The number of nitrogens with one attached hydrogen (secondary N) is 1. The fourth-order valence-electron chi connectivity index (χ4n) is 4.06. The van der Waals surface area contributed by atoms with Gasteiger partial charge >= 0.3 is 0 Å². The summed E-state index contributed by atoms with van der Waals surface area (Å²) in [7, 11) is 0. The molecule has 1 saturated heterocycles. The summed E-state index contributed by atoms with van der Waals surface area (Å²) >= 11 is 6.11. The number of benzene rings is 1. The van der Waals surface area contributed by atoms with Crippen LogP contribution in [0.25, 0.3) is 11.4 Å². The van der Waals surface area contributed by atoms with Gasteiger partial charge in [-0.25, -0.2) is 15.0 Å². The minimum Gasteiger partial charge on any atom is -0.334 e. The second kappa shape index (κ2) is 10.5. The van der Waals surface area contributed by atoms with Gasteiger partial charge in [-0.1, -0.05) is 29.8 Å². The van der Waals surface area contributed by atoms with Crippen molar-refractivity contribution in [1.82, 2.24) is 19.9 Å². The molecule has 4 rings (SSSR count). The third-order valence-corrected chi connectivity index (χ3v) is 5.86. The molecule has 1 aliphatic rings. The van der Waals surface area contributed by atoms with Gasteiger partial charge in [0.25, 0.3) is 0 Å². The van der Waals surface area contributed by atoms with Crippen LogP contribution in [0, 0.1) is 6.92 Å². The maximum Gasteiger partial charge on any atom is 0.225 e. The summed E-state index contributed by atoms with van der Waals surface area (Å²) in [5.74, 6) is 1.03. The van der Waals surface area contributed by atoms with E-state index in [1.807, 2.05) is 54.3 Å². The fourth-order valence-corrected chi connectivity index (χ4v) is 4.25. The standard InChI is InChI=1S/C25H26ClN5O2/c1-17-6-2-10-22(28-17)30-23(32)11-4-12-24(33)31-15-5-9-21(31)20-13-14-27-25(29-20)18-7-3-8-19(26)16-18/h2-3,6-8,10,13-14,16,21H,4-5,9,11-12,15H2,1H3,(H,28,30,32)/t21-/m1/s1. The van der Waals surface area contributed by atoms with Crippen molar-refractivity contribution in [2.24, 2.45) is 0 Å². The fraction of sp³-hybridized carbons (Fsp3) is 0.320. The van der Waals surface area contributed by atoms with E-state index in [0.29, 0.717) is 36.1 Å². The molecule has 1 atom stereocenters. The SMILES string of the molecule is Cc1cccc(NC(=O)CCCC(=O)N2CCC[C@@H]2c2ccnc(-c3cccc(Cl)c3)n2)n1. The Hall–Kier alpha value is -3.32. The highest BCUT2D eigenvalue weighted by atomic mass is 35.5. The van der Waals surface area contributed by atoms with E-state index in [1.54, 1.807) is 12.3 Å². The lowest BCUT2D eigenvalue weighted by molar-refractivity contribution is -0.132. The minimum atomic E-state index is -0.138. The number of hydrogen-bond donors (Lipinski definition) is 1. The van der Waals surface area contributed by atoms with Gasteiger partial charge in [0, 0.05) is 41.9 Å². The number of aromatic nitrogens is 3. The van der Waals surface area contributed by atoms with E-state index in [9.17, 15) is 9.59 Å². The largest absolute Gasteiger partial charge is 0.334 e. The van der Waals surface area contributed by atoms with Crippen LogP contribution in [0.2, 0.25) is 5.02 Å². The number of anilines is 1. The first-order valence-electron chi connectivity index (χ1n) is 11.1. The van der Waals surface area contributed by atoms with Crippen molar-refractivity contribution in [1.29, 1.82) is 0 Å². The van der Waals surface area contributed by atoms with Crippen LogP contribution in [0.1, 0.15) is 49.5 Å². The van der Waals surface area contributed by atoms with E-state index in [-0.39, 0.29) is 24.3 Å². The van der Waals surface area contributed by atoms with Crippen LogP contribution < -0.4 is 5.32 Å². The number of halogens is 1. The Morgan fingerprint density at radius 2 is 1.97 bits per heavy atom. The van der Waals surface area contributed by atoms with Gasteiger partial charge in [-0.3, -0.25) is 9.59 Å². The summed E-state index contributed by atoms with van der Waals surface area (Å²) in [6, 6.07) is 14.7. The van der Waals surface area contributed by atoms with Crippen LogP contribution in [0.3, 0.4) is 0 Å². The van der Waals surface area contributed by atoms with Crippen molar-refractivity contribution >= 4 is 29.2 Å². The molecule has 1 aliphatic heterocycles. The summed E-state index contributed by atoms with van der Waals surface area (Å²) in [6.07, 6.45) is 4.58. The summed E-state index contributed by atoms with van der Waals surface area (Å²) in [6.45, 7) is 2.57. The first kappa shape index (κ1) is 22.9. The van der Waals surface area contributed by atoms with Crippen molar-refractivity contribution in [3.05, 3.63) is 71.1 Å². The molecule has 2 amide bonds. The zero-order valence-corrected chi connectivity index (χ0v) is 19.3. The van der Waals surface area contributed by atoms with Gasteiger partial charge < -0.3 is 10.2 Å². The molecule has 3 heterocycles. The Labute approximate surface area is 198 Å². The van der Waals surface area contributed by atoms with Crippen molar-refractivity contribution in [2.75, 3.05) is 11.9 Å². The van der Waals surface area contributed by atoms with Crippen LogP contribution in [0.5, 0.6) is 0 Å². The topological polar surface area (TPSA) is 88.1 Å². The molecule has 170 valence electrons. The lowest BCUT2D eigenvalue weighted by Crippen LogP contribution is -2.31. The summed E-state index contributed by atoms with van der Waals surface area (Å²) < 4.78 is 0. The molecule has 33 heavy (non-hydrogen) atoms. The zero-order chi connectivity index (χ0) is 23.2. The molecular formula is C25H26ClN5O2. The summed E-state index contributed by atoms with van der Waals surface area (Å²) in [5.41, 5.74) is 2.51. The number of nitrogens with zero attached hydrogens (tertiary/aromatic N) is 4. The molecule has 0 bridgehead atoms. The Balaban J connectivity index is 1.35. The normalized spacial score (nSPS) is 15.5. The first-order valence-corrected chi connectivity index (χ1v) is 11.5. The molecule has 1 fully saturated rings. The molecule has 1 aromatic carbocycles. The van der Waals surface area contributed by atoms with Crippen LogP contribution in [0.15, 0.2) is 54.7 Å². The highest BCUT2D eigenvalue weighted by molar-refractivity contribution is 6.30. The summed E-state index contributed by atoms with van der Waals surface area (Å²) in [5, 5.41) is 3.41. The van der Waals surface area contributed by atoms with Crippen molar-refractivity contribution in [3.8, 4) is 11.4 Å². The first-order chi connectivity index (χ1) is 16.0. The van der Waals surface area contributed by atoms with Gasteiger partial charge in [-0.05, 0) is 56.5 Å². The van der Waals surface area contributed by atoms with Gasteiger partial charge in [0.2, 0.25) is 11.8 Å². The van der Waals surface area contributed by atoms with Gasteiger partial charge in [0.15, 0.2) is 5.82 Å². The molecule has 0 aliphatic carbocycles. The number of likely N-dealkylation sites (tertiary alicyclic amines) is 1. The number of carbonyl (C=O) groups is 2. The Morgan fingerprint density at radius 3 is 2.79 bits per heavy atom. The van der Waals surface area contributed by atoms with E-state index >= 15 is 0 Å². The molecule has 0 radical (unpaired) electrons. The maximum absolute atomic E-state index is 12.9. The highest BCUT2D eigenvalue weighted by Gasteiger charge is 2.30. The lowest BCUT2D eigenvalue weighted by atomic mass is 10.1. The van der Waals surface area contributed by atoms with Crippen LogP contribution in [0.4, 0.5) is 5.82 Å². The summed E-state index contributed by atoms with van der Waals surface area (Å²) in [4.78, 5) is 40.4. The number of pyridine rings is 1. The van der Waals surface area contributed by atoms with Gasteiger partial charge in [-0.15, -0.1) is 0 Å². The number of rotatable bonds is 7. The molecule has 0 spiro atoms. The number of carbonyl (C=O) groups excluding carboxylic acids is 2. The van der Waals surface area contributed by atoms with Crippen molar-refractivity contribution < 1.29 is 9.59 Å². The predicted octanol–water partition coefficient (Wildman–Crippen LogP) is 4.97. The van der Waals surface area contributed by atoms with Crippen molar-refractivity contribution in [3.63, 3.8) is 0 Å². The third kappa shape index (κ3) is 5.93. The third-order valence-electron chi connectivity index (χ3n) is 5.62. The number of aryl methyl sites for hydroxylation is 1. The zero-order valence-electron chi connectivity index (χ0n) is 18.5. The molecule has 8 heteroatoms. The van der Waals surface area contributed by atoms with E-state index in [4.69, 9.17) is 16.6 Å². The average Bonchev–Trinajstić information content (AvgIpc) is 3.29. The van der Waals surface area contributed by atoms with E-state index < -0.39 is 0 Å². The van der Waals surface area contributed by atoms with Gasteiger partial charge in [0.1, 0.15) is 5.82 Å². The lowest BCUT2D eigenvalue weighted by Gasteiger charge is -2.24. The van der Waals surface area contributed by atoms with Gasteiger partial charge in [-0.2, -0.15) is 0 Å². The van der Waals surface area contributed by atoms with Crippen LogP contribution in [-0.2, 0) is 9.59 Å².